The molecule has 1 fully saturated rings. The fourth-order valence-electron chi connectivity index (χ4n) is 2.75. The van der Waals surface area contributed by atoms with Crippen LogP contribution in [-0.2, 0) is 11.8 Å². The summed E-state index contributed by atoms with van der Waals surface area (Å²) in [5.41, 5.74) is 0. The summed E-state index contributed by atoms with van der Waals surface area (Å²) in [5.74, 6) is 0.186. The van der Waals surface area contributed by atoms with Gasteiger partial charge in [0.05, 0.1) is 0 Å². The predicted octanol–water partition coefficient (Wildman–Crippen LogP) is 1.87. The van der Waals surface area contributed by atoms with Gasteiger partial charge in [-0.1, -0.05) is 15.9 Å². The van der Waals surface area contributed by atoms with Gasteiger partial charge in [-0.3, -0.25) is 4.79 Å². The van der Waals surface area contributed by atoms with Crippen molar-refractivity contribution in [3.05, 3.63) is 46.7 Å². The number of piperazine rings is 1. The third kappa shape index (κ3) is 3.59. The first-order chi connectivity index (χ1) is 11.6. The van der Waals surface area contributed by atoms with E-state index in [1.54, 1.807) is 17.2 Å². The maximum absolute atomic E-state index is 13.8. The first-order valence-electron chi connectivity index (χ1n) is 7.61. The fraction of sp³-hybridized carbons (Fsp3) is 0.375. The number of rotatable bonds is 4. The lowest BCUT2D eigenvalue weighted by atomic mass is 10.1. The van der Waals surface area contributed by atoms with E-state index in [0.717, 1.165) is 5.82 Å². The van der Waals surface area contributed by atoms with Crippen LogP contribution in [0.5, 0.6) is 5.75 Å². The Morgan fingerprint density at radius 2 is 2.38 bits per heavy atom. The molecule has 1 N–H and O–H groups in total. The normalized spacial score (nSPS) is 17.8. The number of aryl methyl sites for hydroxylation is 1. The van der Waals surface area contributed by atoms with Crippen LogP contribution in [0.4, 0.5) is 4.39 Å². The van der Waals surface area contributed by atoms with E-state index < -0.39 is 5.82 Å². The second kappa shape index (κ2) is 7.31. The summed E-state index contributed by atoms with van der Waals surface area (Å²) in [6, 6.07) is 4.32. The van der Waals surface area contributed by atoms with Crippen molar-refractivity contribution in [2.45, 2.75) is 6.04 Å². The number of hydrogen-bond donors (Lipinski definition) is 1. The molecule has 2 aromatic rings. The van der Waals surface area contributed by atoms with Gasteiger partial charge in [-0.15, -0.1) is 0 Å². The Morgan fingerprint density at radius 3 is 3.08 bits per heavy atom. The number of imidazole rings is 1. The molecule has 1 aromatic carbocycles. The fourth-order valence-corrected chi connectivity index (χ4v) is 3.08. The van der Waals surface area contributed by atoms with Crippen molar-refractivity contribution in [2.24, 2.45) is 7.05 Å². The molecule has 1 saturated heterocycles. The molecule has 0 radical (unpaired) electrons. The molecule has 1 amide bonds. The van der Waals surface area contributed by atoms with Crippen LogP contribution in [0.15, 0.2) is 35.1 Å². The highest BCUT2D eigenvalue weighted by atomic mass is 79.9. The van der Waals surface area contributed by atoms with Crippen molar-refractivity contribution in [1.29, 1.82) is 0 Å². The molecular weight excluding hydrogens is 379 g/mol. The van der Waals surface area contributed by atoms with Crippen LogP contribution in [0.1, 0.15) is 11.9 Å². The number of nitrogens with one attached hydrogen (secondary N) is 1. The summed E-state index contributed by atoms with van der Waals surface area (Å²) in [6.45, 7) is 1.69. The average Bonchev–Trinajstić information content (AvgIpc) is 2.99. The van der Waals surface area contributed by atoms with Crippen LogP contribution in [0.2, 0.25) is 0 Å². The van der Waals surface area contributed by atoms with Crippen molar-refractivity contribution in [2.75, 3.05) is 26.2 Å². The molecular formula is C16H18BrFN4O2. The summed E-state index contributed by atoms with van der Waals surface area (Å²) in [5, 5.41) is 3.27. The van der Waals surface area contributed by atoms with Gasteiger partial charge in [-0.25, -0.2) is 9.37 Å². The predicted molar refractivity (Wildman–Crippen MR) is 90.1 cm³/mol. The first kappa shape index (κ1) is 16.9. The highest BCUT2D eigenvalue weighted by Crippen LogP contribution is 2.23. The van der Waals surface area contributed by atoms with E-state index in [0.29, 0.717) is 24.1 Å². The maximum Gasteiger partial charge on any atom is 0.261 e. The highest BCUT2D eigenvalue weighted by Gasteiger charge is 2.30. The second-order valence-corrected chi connectivity index (χ2v) is 6.48. The number of benzene rings is 1. The molecule has 1 aliphatic rings. The van der Waals surface area contributed by atoms with Crippen LogP contribution in [0.3, 0.4) is 0 Å². The molecule has 128 valence electrons. The molecule has 1 atom stereocenters. The van der Waals surface area contributed by atoms with Crippen LogP contribution in [0, 0.1) is 5.82 Å². The lowest BCUT2D eigenvalue weighted by molar-refractivity contribution is -0.137. The minimum atomic E-state index is -0.502. The maximum atomic E-state index is 13.8. The first-order valence-corrected chi connectivity index (χ1v) is 8.41. The molecule has 3 rings (SSSR count). The van der Waals surface area contributed by atoms with Crippen LogP contribution < -0.4 is 10.1 Å². The standard InChI is InChI=1S/C16H18BrFN4O2/c1-21-6-5-20-16(21)13-9-19-4-7-22(13)15(23)10-24-14-3-2-11(17)8-12(14)18/h2-3,5-6,8,13,19H,4,7,9-10H2,1H3. The molecule has 24 heavy (non-hydrogen) atoms. The van der Waals surface area contributed by atoms with Crippen molar-refractivity contribution in [1.82, 2.24) is 19.8 Å². The molecule has 0 aliphatic carbocycles. The topological polar surface area (TPSA) is 59.4 Å². The molecule has 0 bridgehead atoms. The minimum absolute atomic E-state index is 0.0650. The van der Waals surface area contributed by atoms with E-state index in [1.807, 2.05) is 17.8 Å². The Kier molecular flexibility index (Phi) is 5.15. The van der Waals surface area contributed by atoms with Gasteiger partial charge < -0.3 is 19.5 Å². The number of ether oxygens (including phenoxy) is 1. The summed E-state index contributed by atoms with van der Waals surface area (Å²) in [4.78, 5) is 18.6. The number of nitrogens with zero attached hydrogens (tertiary/aromatic N) is 3. The third-order valence-corrected chi connectivity index (χ3v) is 4.46. The van der Waals surface area contributed by atoms with Gasteiger partial charge in [0.1, 0.15) is 11.9 Å². The Morgan fingerprint density at radius 1 is 1.54 bits per heavy atom. The zero-order valence-electron chi connectivity index (χ0n) is 13.2. The molecule has 1 aliphatic heterocycles. The van der Waals surface area contributed by atoms with Crippen molar-refractivity contribution >= 4 is 21.8 Å². The van der Waals surface area contributed by atoms with Gasteiger partial charge >= 0.3 is 0 Å². The SMILES string of the molecule is Cn1ccnc1C1CNCCN1C(=O)COc1ccc(Br)cc1F. The van der Waals surface area contributed by atoms with E-state index >= 15 is 0 Å². The Balaban J connectivity index is 1.69. The van der Waals surface area contributed by atoms with Gasteiger partial charge in [0, 0.05) is 43.5 Å². The smallest absolute Gasteiger partial charge is 0.261 e. The lowest BCUT2D eigenvalue weighted by Gasteiger charge is -2.35. The summed E-state index contributed by atoms with van der Waals surface area (Å²) < 4.78 is 21.7. The van der Waals surface area contributed by atoms with Gasteiger partial charge in [-0.2, -0.15) is 0 Å². The number of hydrogen-bond acceptors (Lipinski definition) is 4. The third-order valence-electron chi connectivity index (χ3n) is 3.97. The van der Waals surface area contributed by atoms with Gasteiger partial charge in [0.2, 0.25) is 0 Å². The quantitative estimate of drug-likeness (QED) is 0.856. The van der Waals surface area contributed by atoms with Gasteiger partial charge in [-0.05, 0) is 18.2 Å². The number of aromatic nitrogens is 2. The zero-order valence-corrected chi connectivity index (χ0v) is 14.8. The Labute approximate surface area is 147 Å². The van der Waals surface area contributed by atoms with E-state index in [2.05, 4.69) is 26.2 Å². The van der Waals surface area contributed by atoms with E-state index in [-0.39, 0.29) is 24.3 Å². The monoisotopic (exact) mass is 396 g/mol. The van der Waals surface area contributed by atoms with Crippen LogP contribution in [-0.4, -0.2) is 46.6 Å². The molecule has 6 nitrogen and oxygen atoms in total. The Hall–Kier alpha value is -1.93. The number of amides is 1. The highest BCUT2D eigenvalue weighted by molar-refractivity contribution is 9.10. The molecule has 1 aromatic heterocycles. The second-order valence-electron chi connectivity index (χ2n) is 5.57. The number of carbonyl (C=O) groups is 1. The number of halogens is 2. The van der Waals surface area contributed by atoms with Gasteiger partial charge in [0.15, 0.2) is 18.2 Å². The average molecular weight is 397 g/mol. The van der Waals surface area contributed by atoms with E-state index in [4.69, 9.17) is 4.74 Å². The molecule has 1 unspecified atom stereocenters. The van der Waals surface area contributed by atoms with Crippen molar-refractivity contribution in [3.63, 3.8) is 0 Å². The van der Waals surface area contributed by atoms with E-state index in [9.17, 15) is 9.18 Å². The summed E-state index contributed by atoms with van der Waals surface area (Å²) >= 11 is 3.19. The van der Waals surface area contributed by atoms with E-state index in [1.165, 1.54) is 12.1 Å². The summed E-state index contributed by atoms with van der Waals surface area (Å²) in [6.07, 6.45) is 3.56. The molecule has 0 spiro atoms. The molecule has 8 heteroatoms. The molecule has 0 saturated carbocycles. The Bertz CT molecular complexity index is 737. The zero-order chi connectivity index (χ0) is 17.1. The van der Waals surface area contributed by atoms with Gasteiger partial charge in [0.25, 0.3) is 5.91 Å². The number of carbonyl (C=O) groups excluding carboxylic acids is 1. The van der Waals surface area contributed by atoms with Crippen molar-refractivity contribution < 1.29 is 13.9 Å². The largest absolute Gasteiger partial charge is 0.481 e. The summed E-state index contributed by atoms with van der Waals surface area (Å²) in [7, 11) is 1.90. The minimum Gasteiger partial charge on any atom is -0.481 e. The van der Waals surface area contributed by atoms with Crippen LogP contribution >= 0.6 is 15.9 Å². The van der Waals surface area contributed by atoms with Crippen LogP contribution in [0.25, 0.3) is 0 Å². The molecule has 2 heterocycles. The lowest BCUT2D eigenvalue weighted by Crippen LogP contribution is -2.50. The van der Waals surface area contributed by atoms with Crippen molar-refractivity contribution in [3.8, 4) is 5.75 Å².